The minimum absolute atomic E-state index is 0.0529. The first kappa shape index (κ1) is 21.3. The number of benzene rings is 1. The maximum Gasteiger partial charge on any atom is 0.263 e. The normalized spacial score (nSPS) is 12.1. The summed E-state index contributed by atoms with van der Waals surface area (Å²) in [5.74, 6) is -0.0529. The first-order chi connectivity index (χ1) is 14.0. The Bertz CT molecular complexity index is 1080. The predicted molar refractivity (Wildman–Crippen MR) is 123 cm³/mol. The first-order valence-corrected chi connectivity index (χ1v) is 11.4. The number of carbonyl (C=O) groups is 1. The number of rotatable bonds is 8. The van der Waals surface area contributed by atoms with Gasteiger partial charge in [0.1, 0.15) is 4.83 Å². The van der Waals surface area contributed by atoms with E-state index >= 15 is 0 Å². The molecule has 29 heavy (non-hydrogen) atoms. The van der Waals surface area contributed by atoms with Crippen LogP contribution in [0.15, 0.2) is 52.3 Å². The van der Waals surface area contributed by atoms with Crippen LogP contribution in [-0.4, -0.2) is 27.3 Å². The molecule has 1 aromatic carbocycles. The number of thioether (sulfide) groups is 1. The van der Waals surface area contributed by atoms with Crippen LogP contribution in [0.5, 0.6) is 0 Å². The zero-order valence-corrected chi connectivity index (χ0v) is 18.5. The van der Waals surface area contributed by atoms with Gasteiger partial charge in [0.15, 0.2) is 5.16 Å². The monoisotopic (exact) mass is 427 g/mol. The van der Waals surface area contributed by atoms with E-state index in [1.807, 2.05) is 50.4 Å². The third-order valence-electron chi connectivity index (χ3n) is 4.53. The van der Waals surface area contributed by atoms with Gasteiger partial charge in [0, 0.05) is 24.0 Å². The summed E-state index contributed by atoms with van der Waals surface area (Å²) in [7, 11) is 0. The highest BCUT2D eigenvalue weighted by Crippen LogP contribution is 2.33. The highest BCUT2D eigenvalue weighted by Gasteiger charge is 2.21. The molecule has 0 aliphatic heterocycles. The lowest BCUT2D eigenvalue weighted by atomic mass is 10.1. The van der Waals surface area contributed by atoms with E-state index in [0.717, 1.165) is 17.5 Å². The van der Waals surface area contributed by atoms with Crippen LogP contribution in [0.4, 0.5) is 0 Å². The molecule has 0 saturated heterocycles. The van der Waals surface area contributed by atoms with Crippen molar-refractivity contribution in [2.45, 2.75) is 44.1 Å². The molecule has 0 radical (unpaired) electrons. The first-order valence-electron chi connectivity index (χ1n) is 9.60. The quantitative estimate of drug-likeness (QED) is 0.323. The van der Waals surface area contributed by atoms with Crippen LogP contribution < -0.4 is 10.9 Å². The average Bonchev–Trinajstić information content (AvgIpc) is 3.13. The molecule has 0 aliphatic rings. The van der Waals surface area contributed by atoms with Crippen LogP contribution in [-0.2, 0) is 11.3 Å². The summed E-state index contributed by atoms with van der Waals surface area (Å²) in [5, 5.41) is 5.68. The molecule has 2 aromatic heterocycles. The minimum atomic E-state index is -0.349. The van der Waals surface area contributed by atoms with E-state index < -0.39 is 0 Å². The van der Waals surface area contributed by atoms with Gasteiger partial charge in [-0.15, -0.1) is 17.9 Å². The zero-order valence-electron chi connectivity index (χ0n) is 16.9. The minimum Gasteiger partial charge on any atom is -0.355 e. The number of amides is 1. The fraction of sp³-hybridized carbons (Fsp3) is 0.318. The van der Waals surface area contributed by atoms with Gasteiger partial charge in [-0.25, -0.2) is 4.98 Å². The second-order valence-corrected chi connectivity index (χ2v) is 9.01. The van der Waals surface area contributed by atoms with Crippen molar-refractivity contribution in [3.05, 3.63) is 58.2 Å². The molecular formula is C22H25N3O2S2. The molecule has 1 amide bonds. The van der Waals surface area contributed by atoms with Gasteiger partial charge in [0.25, 0.3) is 5.56 Å². The van der Waals surface area contributed by atoms with Crippen molar-refractivity contribution in [3.8, 4) is 11.1 Å². The summed E-state index contributed by atoms with van der Waals surface area (Å²) in [6.45, 7) is 10.6. The SMILES string of the molecule is C=CCn1c(SC(C)C(=O)NCCC)nc2scc(-c3ccc(C)cc3)c2c1=O. The highest BCUT2D eigenvalue weighted by atomic mass is 32.2. The second kappa shape index (κ2) is 9.41. The van der Waals surface area contributed by atoms with E-state index in [9.17, 15) is 9.59 Å². The Kier molecular flexibility index (Phi) is 6.92. The number of fused-ring (bicyclic) bond motifs is 1. The molecule has 0 aliphatic carbocycles. The molecule has 0 saturated carbocycles. The molecule has 3 aromatic rings. The molecule has 1 N–H and O–H groups in total. The van der Waals surface area contributed by atoms with Crippen molar-refractivity contribution in [1.82, 2.24) is 14.9 Å². The van der Waals surface area contributed by atoms with Crippen LogP contribution in [0.3, 0.4) is 0 Å². The van der Waals surface area contributed by atoms with Crippen LogP contribution in [0.1, 0.15) is 25.8 Å². The van der Waals surface area contributed by atoms with E-state index in [0.29, 0.717) is 28.5 Å². The summed E-state index contributed by atoms with van der Waals surface area (Å²) in [4.78, 5) is 31.1. The van der Waals surface area contributed by atoms with E-state index in [1.165, 1.54) is 28.7 Å². The Labute approximate surface area is 178 Å². The Morgan fingerprint density at radius 1 is 1.38 bits per heavy atom. The molecule has 0 bridgehead atoms. The van der Waals surface area contributed by atoms with Gasteiger partial charge >= 0.3 is 0 Å². The van der Waals surface area contributed by atoms with Gasteiger partial charge in [-0.3, -0.25) is 14.2 Å². The fourth-order valence-electron chi connectivity index (χ4n) is 2.93. The highest BCUT2D eigenvalue weighted by molar-refractivity contribution is 8.00. The average molecular weight is 428 g/mol. The number of aryl methyl sites for hydroxylation is 1. The standard InChI is InChI=1S/C22H25N3O2S2/c1-5-11-23-19(26)15(4)29-22-24-20-18(21(27)25(22)12-6-2)17(13-28-20)16-9-7-14(3)8-10-16/h6-10,13,15H,2,5,11-12H2,1,3-4H3,(H,23,26). The van der Waals surface area contributed by atoms with Gasteiger partial charge in [0.2, 0.25) is 5.91 Å². The smallest absolute Gasteiger partial charge is 0.263 e. The summed E-state index contributed by atoms with van der Waals surface area (Å²) < 4.78 is 1.61. The van der Waals surface area contributed by atoms with Gasteiger partial charge in [0.05, 0.1) is 10.6 Å². The number of nitrogens with zero attached hydrogens (tertiary/aromatic N) is 2. The summed E-state index contributed by atoms with van der Waals surface area (Å²) in [5.41, 5.74) is 2.96. The molecule has 0 spiro atoms. The summed E-state index contributed by atoms with van der Waals surface area (Å²) in [6, 6.07) is 8.12. The van der Waals surface area contributed by atoms with E-state index in [-0.39, 0.29) is 16.7 Å². The van der Waals surface area contributed by atoms with Crippen LogP contribution >= 0.6 is 23.1 Å². The number of hydrogen-bond acceptors (Lipinski definition) is 5. The van der Waals surface area contributed by atoms with E-state index in [1.54, 1.807) is 10.6 Å². The Hall–Kier alpha value is -2.38. The fourth-order valence-corrected chi connectivity index (χ4v) is 4.87. The van der Waals surface area contributed by atoms with Crippen molar-refractivity contribution >= 4 is 39.2 Å². The summed E-state index contributed by atoms with van der Waals surface area (Å²) >= 11 is 2.76. The molecule has 1 unspecified atom stereocenters. The van der Waals surface area contributed by atoms with Crippen LogP contribution in [0.25, 0.3) is 21.3 Å². The Morgan fingerprint density at radius 2 is 2.10 bits per heavy atom. The van der Waals surface area contributed by atoms with Gasteiger partial charge < -0.3 is 5.32 Å². The molecule has 2 heterocycles. The van der Waals surface area contributed by atoms with Crippen molar-refractivity contribution in [1.29, 1.82) is 0 Å². The third-order valence-corrected chi connectivity index (χ3v) is 6.50. The molecule has 5 nitrogen and oxygen atoms in total. The van der Waals surface area contributed by atoms with Crippen molar-refractivity contribution in [2.75, 3.05) is 6.54 Å². The van der Waals surface area contributed by atoms with Crippen molar-refractivity contribution < 1.29 is 4.79 Å². The Morgan fingerprint density at radius 3 is 2.76 bits per heavy atom. The number of nitrogens with one attached hydrogen (secondary N) is 1. The third kappa shape index (κ3) is 4.62. The molecule has 7 heteroatoms. The lowest BCUT2D eigenvalue weighted by Crippen LogP contribution is -2.32. The van der Waals surface area contributed by atoms with Crippen molar-refractivity contribution in [3.63, 3.8) is 0 Å². The number of thiophene rings is 1. The molecule has 152 valence electrons. The lowest BCUT2D eigenvalue weighted by molar-refractivity contribution is -0.120. The zero-order chi connectivity index (χ0) is 21.0. The number of hydrogen-bond donors (Lipinski definition) is 1. The number of carbonyl (C=O) groups excluding carboxylic acids is 1. The van der Waals surface area contributed by atoms with Gasteiger partial charge in [-0.05, 0) is 25.8 Å². The lowest BCUT2D eigenvalue weighted by Gasteiger charge is -2.15. The second-order valence-electron chi connectivity index (χ2n) is 6.85. The van der Waals surface area contributed by atoms with E-state index in [2.05, 4.69) is 11.9 Å². The largest absolute Gasteiger partial charge is 0.355 e. The number of aromatic nitrogens is 2. The van der Waals surface area contributed by atoms with Crippen LogP contribution in [0, 0.1) is 6.92 Å². The van der Waals surface area contributed by atoms with Crippen LogP contribution in [0.2, 0.25) is 0 Å². The van der Waals surface area contributed by atoms with Gasteiger partial charge in [-0.2, -0.15) is 0 Å². The maximum absolute atomic E-state index is 13.4. The maximum atomic E-state index is 13.4. The predicted octanol–water partition coefficient (Wildman–Crippen LogP) is 4.63. The van der Waals surface area contributed by atoms with E-state index in [4.69, 9.17) is 4.98 Å². The molecule has 0 fully saturated rings. The Balaban J connectivity index is 2.05. The number of allylic oxidation sites excluding steroid dienone is 1. The molecular weight excluding hydrogens is 402 g/mol. The molecule has 3 rings (SSSR count). The van der Waals surface area contributed by atoms with Crippen molar-refractivity contribution in [2.24, 2.45) is 0 Å². The topological polar surface area (TPSA) is 64.0 Å². The van der Waals surface area contributed by atoms with Gasteiger partial charge in [-0.1, -0.05) is 54.6 Å². The molecule has 1 atom stereocenters. The summed E-state index contributed by atoms with van der Waals surface area (Å²) in [6.07, 6.45) is 2.56.